The molecule has 1 heterocycles. The van der Waals surface area contributed by atoms with Crippen LogP contribution in [0.5, 0.6) is 0 Å². The number of carbonyl (C=O) groups excluding carboxylic acids is 2. The van der Waals surface area contributed by atoms with Gasteiger partial charge in [0.2, 0.25) is 0 Å². The van der Waals surface area contributed by atoms with Crippen LogP contribution in [0.2, 0.25) is 5.02 Å². The largest absolute Gasteiger partial charge is 0.410 e. The molecular weight excluding hydrogens is 375 g/mol. The molecule has 2 aromatic rings. The summed E-state index contributed by atoms with van der Waals surface area (Å²) >= 11 is 5.76. The second-order valence-electron chi connectivity index (χ2n) is 6.30. The molecule has 1 saturated heterocycles. The van der Waals surface area contributed by atoms with Crippen LogP contribution in [0.4, 0.5) is 14.9 Å². The van der Waals surface area contributed by atoms with Crippen LogP contribution in [0.3, 0.4) is 0 Å². The Balaban J connectivity index is 1.63. The molecule has 0 saturated carbocycles. The smallest absolute Gasteiger partial charge is 0.407 e. The summed E-state index contributed by atoms with van der Waals surface area (Å²) in [5, 5.41) is 13.1. The van der Waals surface area contributed by atoms with Crippen molar-refractivity contribution in [2.45, 2.75) is 25.7 Å². The molecule has 0 aliphatic carbocycles. The predicted molar refractivity (Wildman–Crippen MR) is 97.8 cm³/mol. The fourth-order valence-electron chi connectivity index (χ4n) is 2.95. The summed E-state index contributed by atoms with van der Waals surface area (Å²) in [6.45, 7) is 1.99. The van der Waals surface area contributed by atoms with Crippen molar-refractivity contribution in [3.8, 4) is 0 Å². The molecule has 6 nitrogen and oxygen atoms in total. The minimum atomic E-state index is -2.24. The third-order valence-corrected chi connectivity index (χ3v) is 4.50. The maximum absolute atomic E-state index is 13.3. The van der Waals surface area contributed by atoms with Gasteiger partial charge in [-0.3, -0.25) is 4.79 Å². The number of nitrogens with one attached hydrogen (secondary N) is 1. The van der Waals surface area contributed by atoms with Gasteiger partial charge >= 0.3 is 6.09 Å². The molecule has 0 unspecified atom stereocenters. The number of ether oxygens (including phenoxy) is 1. The van der Waals surface area contributed by atoms with Crippen LogP contribution in [0.1, 0.15) is 17.5 Å². The quantitative estimate of drug-likeness (QED) is 0.783. The van der Waals surface area contributed by atoms with E-state index in [2.05, 4.69) is 5.32 Å². The molecule has 1 fully saturated rings. The van der Waals surface area contributed by atoms with Crippen molar-refractivity contribution in [2.75, 3.05) is 11.4 Å². The van der Waals surface area contributed by atoms with E-state index in [4.69, 9.17) is 16.3 Å². The van der Waals surface area contributed by atoms with E-state index < -0.39 is 23.6 Å². The van der Waals surface area contributed by atoms with Gasteiger partial charge in [-0.2, -0.15) is 0 Å². The number of carbonyl (C=O) groups is 2. The van der Waals surface area contributed by atoms with E-state index >= 15 is 0 Å². The van der Waals surface area contributed by atoms with E-state index in [1.807, 2.05) is 19.1 Å². The maximum Gasteiger partial charge on any atom is 0.410 e. The second kappa shape index (κ2) is 7.54. The van der Waals surface area contributed by atoms with Crippen molar-refractivity contribution in [3.63, 3.8) is 0 Å². The topological polar surface area (TPSA) is 78.9 Å². The SMILES string of the molecule is Cc1ccccc1N1CC[C@@](O)(OC(=O)NCc2cc(F)cc(Cl)c2)C1=O. The number of benzene rings is 2. The van der Waals surface area contributed by atoms with E-state index in [-0.39, 0.29) is 24.5 Å². The number of aliphatic hydroxyl groups is 1. The molecule has 27 heavy (non-hydrogen) atoms. The number of alkyl carbamates (subject to hydrolysis) is 1. The first-order valence-electron chi connectivity index (χ1n) is 8.30. The third-order valence-electron chi connectivity index (χ3n) is 4.28. The Morgan fingerprint density at radius 2 is 2.11 bits per heavy atom. The van der Waals surface area contributed by atoms with Gasteiger partial charge in [0.15, 0.2) is 0 Å². The zero-order valence-corrected chi connectivity index (χ0v) is 15.3. The van der Waals surface area contributed by atoms with Gasteiger partial charge in [-0.15, -0.1) is 0 Å². The lowest BCUT2D eigenvalue weighted by molar-refractivity contribution is -0.175. The highest BCUT2D eigenvalue weighted by atomic mass is 35.5. The minimum absolute atomic E-state index is 0.0562. The van der Waals surface area contributed by atoms with Crippen LogP contribution < -0.4 is 10.2 Å². The van der Waals surface area contributed by atoms with Gasteiger partial charge < -0.3 is 20.1 Å². The molecule has 1 aliphatic heterocycles. The van der Waals surface area contributed by atoms with Crippen molar-refractivity contribution in [3.05, 3.63) is 64.4 Å². The number of anilines is 1. The molecule has 0 bridgehead atoms. The van der Waals surface area contributed by atoms with Crippen LogP contribution in [0.25, 0.3) is 0 Å². The average Bonchev–Trinajstić information content (AvgIpc) is 2.88. The highest BCUT2D eigenvalue weighted by Crippen LogP contribution is 2.31. The summed E-state index contributed by atoms with van der Waals surface area (Å²) in [4.78, 5) is 26.0. The first-order chi connectivity index (χ1) is 12.8. The standard InChI is InChI=1S/C19H18ClFN2O4/c1-12-4-2-3-5-16(12)23-7-6-19(26,17(23)24)27-18(25)22-11-13-8-14(20)10-15(21)9-13/h2-5,8-10,26H,6-7,11H2,1H3,(H,22,25)/t19-/m1/s1. The van der Waals surface area contributed by atoms with Gasteiger partial charge in [0.1, 0.15) is 5.82 Å². The molecule has 0 aromatic heterocycles. The highest BCUT2D eigenvalue weighted by molar-refractivity contribution is 6.30. The number of para-hydroxylation sites is 1. The van der Waals surface area contributed by atoms with E-state index in [9.17, 15) is 19.1 Å². The number of halogens is 2. The first-order valence-corrected chi connectivity index (χ1v) is 8.68. The molecule has 8 heteroatoms. The van der Waals surface area contributed by atoms with E-state index in [1.54, 1.807) is 12.1 Å². The predicted octanol–water partition coefficient (Wildman–Crippen LogP) is 3.14. The van der Waals surface area contributed by atoms with Crippen molar-refractivity contribution in [1.29, 1.82) is 0 Å². The van der Waals surface area contributed by atoms with Gasteiger partial charge in [0.25, 0.3) is 11.7 Å². The normalized spacial score (nSPS) is 19.3. The van der Waals surface area contributed by atoms with E-state index in [0.717, 1.165) is 11.6 Å². The maximum atomic E-state index is 13.3. The molecular formula is C19H18ClFN2O4. The lowest BCUT2D eigenvalue weighted by Gasteiger charge is -2.23. The Labute approximate surface area is 160 Å². The molecule has 2 amide bonds. The molecule has 1 atom stereocenters. The number of nitrogens with zero attached hydrogens (tertiary/aromatic N) is 1. The van der Waals surface area contributed by atoms with Gasteiger partial charge in [0.05, 0.1) is 0 Å². The monoisotopic (exact) mass is 392 g/mol. The Kier molecular flexibility index (Phi) is 5.34. The molecule has 0 radical (unpaired) electrons. The Morgan fingerprint density at radius 1 is 1.37 bits per heavy atom. The molecule has 1 aliphatic rings. The van der Waals surface area contributed by atoms with Crippen LogP contribution in [-0.2, 0) is 16.1 Å². The van der Waals surface area contributed by atoms with Crippen molar-refractivity contribution >= 4 is 29.3 Å². The van der Waals surface area contributed by atoms with Crippen LogP contribution in [0, 0.1) is 12.7 Å². The first kappa shape index (κ1) is 19.1. The Hall–Kier alpha value is -2.64. The van der Waals surface area contributed by atoms with Crippen molar-refractivity contribution in [2.24, 2.45) is 0 Å². The lowest BCUT2D eigenvalue weighted by atomic mass is 10.2. The van der Waals surface area contributed by atoms with E-state index in [1.165, 1.54) is 17.0 Å². The third kappa shape index (κ3) is 4.20. The van der Waals surface area contributed by atoms with E-state index in [0.29, 0.717) is 11.3 Å². The number of rotatable bonds is 4. The summed E-state index contributed by atoms with van der Waals surface area (Å²) in [5.41, 5.74) is 1.93. The molecule has 142 valence electrons. The number of aryl methyl sites for hydroxylation is 1. The molecule has 3 rings (SSSR count). The Bertz CT molecular complexity index is 872. The summed E-state index contributed by atoms with van der Waals surface area (Å²) in [7, 11) is 0. The molecule has 2 aromatic carbocycles. The summed E-state index contributed by atoms with van der Waals surface area (Å²) in [5.74, 6) is -3.49. The molecule has 0 spiro atoms. The van der Waals surface area contributed by atoms with Gasteiger partial charge in [0, 0.05) is 30.2 Å². The second-order valence-corrected chi connectivity index (χ2v) is 6.73. The Morgan fingerprint density at radius 3 is 2.81 bits per heavy atom. The number of hydrogen-bond acceptors (Lipinski definition) is 4. The highest BCUT2D eigenvalue weighted by Gasteiger charge is 2.49. The van der Waals surface area contributed by atoms with Crippen molar-refractivity contribution < 1.29 is 23.8 Å². The summed E-state index contributed by atoms with van der Waals surface area (Å²) in [6.07, 6.45) is -1.04. The van der Waals surface area contributed by atoms with Crippen LogP contribution >= 0.6 is 11.6 Å². The molecule has 2 N–H and O–H groups in total. The zero-order valence-electron chi connectivity index (χ0n) is 14.5. The van der Waals surface area contributed by atoms with Crippen molar-refractivity contribution in [1.82, 2.24) is 5.32 Å². The van der Waals surface area contributed by atoms with Crippen LogP contribution in [-0.4, -0.2) is 29.4 Å². The summed E-state index contributed by atoms with van der Waals surface area (Å²) < 4.78 is 18.3. The average molecular weight is 393 g/mol. The fourth-order valence-corrected chi connectivity index (χ4v) is 3.19. The zero-order chi connectivity index (χ0) is 19.6. The van der Waals surface area contributed by atoms with Crippen LogP contribution in [0.15, 0.2) is 42.5 Å². The number of amides is 2. The fraction of sp³-hybridized carbons (Fsp3) is 0.263. The van der Waals surface area contributed by atoms with Gasteiger partial charge in [-0.05, 0) is 42.3 Å². The number of hydrogen-bond donors (Lipinski definition) is 2. The lowest BCUT2D eigenvalue weighted by Crippen LogP contribution is -2.46. The summed E-state index contributed by atoms with van der Waals surface area (Å²) in [6, 6.07) is 11.1. The van der Waals surface area contributed by atoms with Gasteiger partial charge in [-0.25, -0.2) is 9.18 Å². The minimum Gasteiger partial charge on any atom is -0.407 e. The van der Waals surface area contributed by atoms with Gasteiger partial charge in [-0.1, -0.05) is 29.8 Å².